The van der Waals surface area contributed by atoms with Crippen molar-refractivity contribution in [1.82, 2.24) is 0 Å². The van der Waals surface area contributed by atoms with Crippen LogP contribution in [-0.2, 0) is 28.6 Å². The molecule has 72 heavy (non-hydrogen) atoms. The van der Waals surface area contributed by atoms with Gasteiger partial charge in [-0.1, -0.05) is 322 Å². The molecule has 0 heterocycles. The number of carbonyl (C=O) groups is 3. The third-order valence-electron chi connectivity index (χ3n) is 15.0. The first-order valence-electron chi connectivity index (χ1n) is 32.7. The second-order valence-electron chi connectivity index (χ2n) is 22.4. The fourth-order valence-electron chi connectivity index (χ4n) is 10.1. The Kier molecular flexibility index (Phi) is 60.1. The van der Waals surface area contributed by atoms with E-state index in [1.807, 2.05) is 0 Å². The Morgan fingerprint density at radius 3 is 0.694 bits per heavy atom. The lowest BCUT2D eigenvalue weighted by atomic mass is 10.0. The van der Waals surface area contributed by atoms with Gasteiger partial charge in [0.05, 0.1) is 0 Å². The number of rotatable bonds is 61. The van der Waals surface area contributed by atoms with E-state index < -0.39 is 6.10 Å². The quantitative estimate of drug-likeness (QED) is 0.0261. The third-order valence-corrected chi connectivity index (χ3v) is 15.0. The van der Waals surface area contributed by atoms with Crippen molar-refractivity contribution in [2.24, 2.45) is 0 Å². The Morgan fingerprint density at radius 1 is 0.264 bits per heavy atom. The Hall–Kier alpha value is -1.85. The lowest BCUT2D eigenvalue weighted by Crippen LogP contribution is -2.30. The van der Waals surface area contributed by atoms with Crippen molar-refractivity contribution in [1.29, 1.82) is 0 Å². The molecule has 0 aliphatic heterocycles. The highest BCUT2D eigenvalue weighted by atomic mass is 16.6. The summed E-state index contributed by atoms with van der Waals surface area (Å²) in [6, 6.07) is 0. The predicted molar refractivity (Wildman–Crippen MR) is 312 cm³/mol. The van der Waals surface area contributed by atoms with E-state index in [9.17, 15) is 14.4 Å². The predicted octanol–water partition coefficient (Wildman–Crippen LogP) is 22.1. The molecule has 0 aromatic carbocycles. The van der Waals surface area contributed by atoms with Crippen LogP contribution in [-0.4, -0.2) is 37.2 Å². The van der Waals surface area contributed by atoms with Gasteiger partial charge in [0.2, 0.25) is 0 Å². The summed E-state index contributed by atoms with van der Waals surface area (Å²) < 4.78 is 16.9. The minimum Gasteiger partial charge on any atom is -0.462 e. The molecule has 0 bridgehead atoms. The zero-order valence-electron chi connectivity index (χ0n) is 49.0. The Morgan fingerprint density at radius 2 is 0.458 bits per heavy atom. The van der Waals surface area contributed by atoms with Crippen LogP contribution in [0.4, 0.5) is 0 Å². The van der Waals surface area contributed by atoms with Crippen molar-refractivity contribution in [3.8, 4) is 0 Å². The van der Waals surface area contributed by atoms with Gasteiger partial charge >= 0.3 is 17.9 Å². The molecule has 0 aromatic heterocycles. The van der Waals surface area contributed by atoms with Gasteiger partial charge in [-0.05, 0) is 44.9 Å². The maximum absolute atomic E-state index is 12.9. The Bertz CT molecular complexity index is 1120. The first kappa shape index (κ1) is 70.1. The number of hydrogen-bond donors (Lipinski definition) is 0. The van der Waals surface area contributed by atoms with Gasteiger partial charge in [-0.3, -0.25) is 14.4 Å². The average Bonchev–Trinajstić information content (AvgIpc) is 3.38. The number of hydrogen-bond acceptors (Lipinski definition) is 6. The van der Waals surface area contributed by atoms with E-state index in [2.05, 4.69) is 32.9 Å². The highest BCUT2D eigenvalue weighted by molar-refractivity contribution is 5.71. The lowest BCUT2D eigenvalue weighted by Gasteiger charge is -2.18. The monoisotopic (exact) mass is 1010 g/mol. The molecule has 0 saturated heterocycles. The van der Waals surface area contributed by atoms with Crippen molar-refractivity contribution in [2.45, 2.75) is 380 Å². The van der Waals surface area contributed by atoms with Crippen LogP contribution in [0.15, 0.2) is 12.2 Å². The summed E-state index contributed by atoms with van der Waals surface area (Å²) in [5, 5.41) is 0. The smallest absolute Gasteiger partial charge is 0.306 e. The molecule has 0 amide bonds. The first-order valence-corrected chi connectivity index (χ1v) is 32.7. The SMILES string of the molecule is CCCCCCCCCC/C=C\CCCCCCCCCCCCCCCCCC(=O)OCC(COC(=O)CCCCCCCCCCCCC)OC(=O)CCCCCCCCCCCCCCCCCC. The van der Waals surface area contributed by atoms with Gasteiger partial charge < -0.3 is 14.2 Å². The van der Waals surface area contributed by atoms with Crippen molar-refractivity contribution in [3.05, 3.63) is 12.2 Å². The molecule has 0 aliphatic carbocycles. The first-order chi connectivity index (χ1) is 35.5. The van der Waals surface area contributed by atoms with Crippen LogP contribution >= 0.6 is 0 Å². The summed E-state index contributed by atoms with van der Waals surface area (Å²) >= 11 is 0. The summed E-state index contributed by atoms with van der Waals surface area (Å²) in [5.74, 6) is -0.834. The summed E-state index contributed by atoms with van der Waals surface area (Å²) in [7, 11) is 0. The Balaban J connectivity index is 4.14. The van der Waals surface area contributed by atoms with Crippen LogP contribution in [0.3, 0.4) is 0 Å². The standard InChI is InChI=1S/C66H126O6/c1-4-7-10-13-16-19-22-24-26-28-29-30-31-32-33-34-35-36-37-38-40-41-44-47-50-53-56-59-65(68)71-62-63(61-70-64(67)58-55-52-49-46-43-21-18-15-12-9-6-3)72-66(69)60-57-54-51-48-45-42-39-27-25-23-20-17-14-11-8-5-2/h28-29,63H,4-27,30-62H2,1-3H3/b29-28-. The van der Waals surface area contributed by atoms with Crippen molar-refractivity contribution in [2.75, 3.05) is 13.2 Å². The number of unbranched alkanes of at least 4 members (excludes halogenated alkanes) is 48. The van der Waals surface area contributed by atoms with Gasteiger partial charge in [-0.25, -0.2) is 0 Å². The summed E-state index contributed by atoms with van der Waals surface area (Å²) in [4.78, 5) is 38.2. The van der Waals surface area contributed by atoms with Crippen molar-refractivity contribution in [3.63, 3.8) is 0 Å². The van der Waals surface area contributed by atoms with E-state index in [-0.39, 0.29) is 31.1 Å². The van der Waals surface area contributed by atoms with E-state index >= 15 is 0 Å². The third kappa shape index (κ3) is 59.0. The van der Waals surface area contributed by atoms with Crippen LogP contribution in [0.25, 0.3) is 0 Å². The van der Waals surface area contributed by atoms with Gasteiger partial charge in [0, 0.05) is 19.3 Å². The van der Waals surface area contributed by atoms with Crippen LogP contribution in [0.2, 0.25) is 0 Å². The molecule has 0 fully saturated rings. The number of esters is 3. The van der Waals surface area contributed by atoms with E-state index in [1.54, 1.807) is 0 Å². The van der Waals surface area contributed by atoms with E-state index in [1.165, 1.54) is 276 Å². The fourth-order valence-corrected chi connectivity index (χ4v) is 10.1. The van der Waals surface area contributed by atoms with Crippen LogP contribution in [0, 0.1) is 0 Å². The summed E-state index contributed by atoms with van der Waals surface area (Å²) in [6.45, 7) is 6.70. The van der Waals surface area contributed by atoms with Crippen LogP contribution in [0.5, 0.6) is 0 Å². The van der Waals surface area contributed by atoms with Gasteiger partial charge in [0.25, 0.3) is 0 Å². The maximum Gasteiger partial charge on any atom is 0.306 e. The molecule has 0 rings (SSSR count). The largest absolute Gasteiger partial charge is 0.462 e. The molecule has 6 nitrogen and oxygen atoms in total. The second-order valence-corrected chi connectivity index (χ2v) is 22.4. The molecule has 0 spiro atoms. The average molecular weight is 1020 g/mol. The highest BCUT2D eigenvalue weighted by Gasteiger charge is 2.19. The van der Waals surface area contributed by atoms with Crippen LogP contribution < -0.4 is 0 Å². The molecular formula is C66H126O6. The molecule has 6 heteroatoms. The van der Waals surface area contributed by atoms with Crippen LogP contribution in [0.1, 0.15) is 374 Å². The lowest BCUT2D eigenvalue weighted by molar-refractivity contribution is -0.167. The fraction of sp³-hybridized carbons (Fsp3) is 0.924. The molecule has 0 aliphatic rings. The molecule has 0 N–H and O–H groups in total. The van der Waals surface area contributed by atoms with E-state index in [0.717, 1.165) is 57.8 Å². The van der Waals surface area contributed by atoms with Gasteiger partial charge in [0.15, 0.2) is 6.10 Å². The molecule has 0 saturated carbocycles. The molecule has 1 unspecified atom stereocenters. The number of ether oxygens (including phenoxy) is 3. The molecular weight excluding hydrogens is 889 g/mol. The van der Waals surface area contributed by atoms with E-state index in [0.29, 0.717) is 19.3 Å². The summed E-state index contributed by atoms with van der Waals surface area (Å²) in [5.41, 5.74) is 0. The molecule has 1 atom stereocenters. The van der Waals surface area contributed by atoms with Gasteiger partial charge in [-0.15, -0.1) is 0 Å². The molecule has 0 aromatic rings. The zero-order chi connectivity index (χ0) is 52.2. The topological polar surface area (TPSA) is 78.9 Å². The van der Waals surface area contributed by atoms with E-state index in [4.69, 9.17) is 14.2 Å². The maximum atomic E-state index is 12.9. The number of allylic oxidation sites excluding steroid dienone is 2. The van der Waals surface area contributed by atoms with Gasteiger partial charge in [0.1, 0.15) is 13.2 Å². The summed E-state index contributed by atoms with van der Waals surface area (Å²) in [6.07, 6.45) is 72.3. The minimum absolute atomic E-state index is 0.0629. The van der Waals surface area contributed by atoms with Crippen molar-refractivity contribution < 1.29 is 28.6 Å². The molecule has 426 valence electrons. The minimum atomic E-state index is -0.763. The Labute approximate surface area is 450 Å². The molecule has 0 radical (unpaired) electrons. The number of carbonyl (C=O) groups excluding carboxylic acids is 3. The zero-order valence-corrected chi connectivity index (χ0v) is 49.0. The van der Waals surface area contributed by atoms with Gasteiger partial charge in [-0.2, -0.15) is 0 Å². The normalized spacial score (nSPS) is 12.0. The second kappa shape index (κ2) is 61.7. The highest BCUT2D eigenvalue weighted by Crippen LogP contribution is 2.18. The van der Waals surface area contributed by atoms with Crippen molar-refractivity contribution >= 4 is 17.9 Å².